The van der Waals surface area contributed by atoms with Gasteiger partial charge in [0.05, 0.1) is 6.21 Å². The number of ether oxygens (including phenoxy) is 2. The highest BCUT2D eigenvalue weighted by atomic mass is 79.9. The van der Waals surface area contributed by atoms with Crippen molar-refractivity contribution in [2.45, 2.75) is 26.2 Å². The maximum Gasteiger partial charge on any atom is 0.277 e. The zero-order valence-corrected chi connectivity index (χ0v) is 17.4. The Hall–Kier alpha value is -2.78. The molecule has 1 N–H and O–H groups in total. The van der Waals surface area contributed by atoms with Gasteiger partial charge in [0.25, 0.3) is 5.91 Å². The van der Waals surface area contributed by atoms with Crippen molar-refractivity contribution in [3.05, 3.63) is 58.1 Å². The molecule has 0 aliphatic rings. The summed E-state index contributed by atoms with van der Waals surface area (Å²) in [6.45, 7) is 2.20. The van der Waals surface area contributed by atoms with Crippen LogP contribution in [0.25, 0.3) is 0 Å². The molecule has 0 saturated heterocycles. The largest absolute Gasteiger partial charge is 0.484 e. The van der Waals surface area contributed by atoms with Gasteiger partial charge >= 0.3 is 0 Å². The summed E-state index contributed by atoms with van der Waals surface area (Å²) in [6.07, 6.45) is 10.1. The van der Waals surface area contributed by atoms with Gasteiger partial charge in [-0.15, -0.1) is 6.42 Å². The molecule has 0 aliphatic carbocycles. The van der Waals surface area contributed by atoms with Crippen LogP contribution < -0.4 is 14.9 Å². The number of amides is 1. The first-order valence-corrected chi connectivity index (χ1v) is 9.81. The number of carbonyl (C=O) groups excluding carboxylic acids is 1. The summed E-state index contributed by atoms with van der Waals surface area (Å²) < 4.78 is 11.8. The number of benzene rings is 2. The smallest absolute Gasteiger partial charge is 0.277 e. The molecule has 2 aromatic rings. The first-order chi connectivity index (χ1) is 13.6. The van der Waals surface area contributed by atoms with Crippen molar-refractivity contribution in [2.24, 2.45) is 5.10 Å². The first kappa shape index (κ1) is 21.5. The minimum absolute atomic E-state index is 0.120. The van der Waals surface area contributed by atoms with Crippen molar-refractivity contribution >= 4 is 28.1 Å². The Labute approximate surface area is 174 Å². The van der Waals surface area contributed by atoms with Crippen molar-refractivity contribution in [1.29, 1.82) is 0 Å². The highest BCUT2D eigenvalue weighted by Gasteiger charge is 2.04. The molecule has 0 spiro atoms. The third-order valence-electron chi connectivity index (χ3n) is 3.79. The molecule has 0 aliphatic heterocycles. The second-order valence-corrected chi connectivity index (χ2v) is 6.92. The number of rotatable bonds is 10. The van der Waals surface area contributed by atoms with E-state index in [1.165, 1.54) is 11.8 Å². The van der Waals surface area contributed by atoms with Crippen molar-refractivity contribution in [2.75, 3.05) is 13.2 Å². The second-order valence-electron chi connectivity index (χ2n) is 6.00. The van der Waals surface area contributed by atoms with Crippen molar-refractivity contribution in [3.8, 4) is 23.8 Å². The normalized spacial score (nSPS) is 10.5. The van der Waals surface area contributed by atoms with Gasteiger partial charge in [0, 0.05) is 10.0 Å². The number of carbonyl (C=O) groups is 1. The molecule has 0 radical (unpaired) electrons. The average Bonchev–Trinajstić information content (AvgIpc) is 2.71. The standard InChI is InChI=1S/C22H23BrN2O3/c1-3-5-6-17-7-10-20(11-8-17)28-16-22(26)25-24-15-18-14-19(23)9-12-21(18)27-13-4-2/h2,7-12,14-15H,3,5-6,13,16H2,1H3,(H,25,26)/b24-15+. The Balaban J connectivity index is 1.84. The fourth-order valence-electron chi connectivity index (χ4n) is 2.36. The first-order valence-electron chi connectivity index (χ1n) is 9.02. The number of nitrogens with one attached hydrogen (secondary N) is 1. The molecule has 28 heavy (non-hydrogen) atoms. The lowest BCUT2D eigenvalue weighted by Gasteiger charge is -2.07. The van der Waals surface area contributed by atoms with Crippen LogP contribution in [-0.2, 0) is 11.2 Å². The number of hydrogen-bond acceptors (Lipinski definition) is 4. The van der Waals surface area contributed by atoms with E-state index in [1.807, 2.05) is 36.4 Å². The molecule has 1 amide bonds. The molecule has 0 aromatic heterocycles. The summed E-state index contributed by atoms with van der Waals surface area (Å²) in [4.78, 5) is 11.9. The summed E-state index contributed by atoms with van der Waals surface area (Å²) in [5.74, 6) is 3.29. The Kier molecular flexibility index (Phi) is 9.09. The maximum atomic E-state index is 11.9. The third-order valence-corrected chi connectivity index (χ3v) is 4.28. The van der Waals surface area contributed by atoms with E-state index in [0.717, 1.165) is 23.7 Å². The van der Waals surface area contributed by atoms with E-state index in [4.69, 9.17) is 15.9 Å². The van der Waals surface area contributed by atoms with Crippen LogP contribution in [0.2, 0.25) is 0 Å². The molecule has 0 atom stereocenters. The van der Waals surface area contributed by atoms with Crippen LogP contribution in [0.1, 0.15) is 30.9 Å². The predicted octanol–water partition coefficient (Wildman–Crippen LogP) is 4.33. The number of halogens is 1. The van der Waals surface area contributed by atoms with Crippen LogP contribution in [0.4, 0.5) is 0 Å². The highest BCUT2D eigenvalue weighted by molar-refractivity contribution is 9.10. The summed E-state index contributed by atoms with van der Waals surface area (Å²) in [5.41, 5.74) is 4.39. The Bertz CT molecular complexity index is 842. The van der Waals surface area contributed by atoms with Crippen LogP contribution in [0.3, 0.4) is 0 Å². The van der Waals surface area contributed by atoms with E-state index >= 15 is 0 Å². The molecule has 5 nitrogen and oxygen atoms in total. The van der Waals surface area contributed by atoms with E-state index in [0.29, 0.717) is 17.1 Å². The van der Waals surface area contributed by atoms with Crippen LogP contribution in [0, 0.1) is 12.3 Å². The second kappa shape index (κ2) is 11.8. The molecule has 2 aromatic carbocycles. The zero-order chi connectivity index (χ0) is 20.2. The van der Waals surface area contributed by atoms with Crippen LogP contribution in [0.5, 0.6) is 11.5 Å². The van der Waals surface area contributed by atoms with Gasteiger partial charge in [0.2, 0.25) is 0 Å². The molecule has 0 fully saturated rings. The zero-order valence-electron chi connectivity index (χ0n) is 15.8. The fraction of sp³-hybridized carbons (Fsp3) is 0.273. The van der Waals surface area contributed by atoms with Crippen molar-refractivity contribution in [3.63, 3.8) is 0 Å². The number of aryl methyl sites for hydroxylation is 1. The van der Waals surface area contributed by atoms with E-state index in [-0.39, 0.29) is 19.1 Å². The Morgan fingerprint density at radius 3 is 2.75 bits per heavy atom. The molecule has 0 saturated carbocycles. The monoisotopic (exact) mass is 442 g/mol. The number of terminal acetylenes is 1. The summed E-state index contributed by atoms with van der Waals surface area (Å²) >= 11 is 3.39. The molecule has 6 heteroatoms. The number of hydrazone groups is 1. The van der Waals surface area contributed by atoms with Gasteiger partial charge in [-0.2, -0.15) is 5.10 Å². The molecular formula is C22H23BrN2O3. The fourth-order valence-corrected chi connectivity index (χ4v) is 2.74. The Morgan fingerprint density at radius 1 is 1.25 bits per heavy atom. The summed E-state index contributed by atoms with van der Waals surface area (Å²) in [5, 5.41) is 3.95. The number of nitrogens with zero attached hydrogens (tertiary/aromatic N) is 1. The van der Waals surface area contributed by atoms with E-state index in [9.17, 15) is 4.79 Å². The van der Waals surface area contributed by atoms with Crippen molar-refractivity contribution in [1.82, 2.24) is 5.43 Å². The average molecular weight is 443 g/mol. The molecule has 0 bridgehead atoms. The molecule has 2 rings (SSSR count). The van der Waals surface area contributed by atoms with Gasteiger partial charge in [-0.05, 0) is 48.7 Å². The van der Waals surface area contributed by atoms with Gasteiger partial charge in [0.1, 0.15) is 18.1 Å². The van der Waals surface area contributed by atoms with Gasteiger partial charge in [0.15, 0.2) is 6.61 Å². The molecule has 0 heterocycles. The highest BCUT2D eigenvalue weighted by Crippen LogP contribution is 2.21. The lowest BCUT2D eigenvalue weighted by Crippen LogP contribution is -2.24. The van der Waals surface area contributed by atoms with Crippen LogP contribution in [-0.4, -0.2) is 25.3 Å². The summed E-state index contributed by atoms with van der Waals surface area (Å²) in [7, 11) is 0. The third kappa shape index (κ3) is 7.45. The molecule has 146 valence electrons. The SMILES string of the molecule is C#CCOc1ccc(Br)cc1/C=N/NC(=O)COc1ccc(CCCC)cc1. The lowest BCUT2D eigenvalue weighted by molar-refractivity contribution is -0.123. The lowest BCUT2D eigenvalue weighted by atomic mass is 10.1. The maximum absolute atomic E-state index is 11.9. The minimum Gasteiger partial charge on any atom is -0.484 e. The van der Waals surface area contributed by atoms with Crippen LogP contribution in [0.15, 0.2) is 52.0 Å². The van der Waals surface area contributed by atoms with Crippen molar-refractivity contribution < 1.29 is 14.3 Å². The minimum atomic E-state index is -0.354. The number of unbranched alkanes of at least 4 members (excludes halogenated alkanes) is 1. The van der Waals surface area contributed by atoms with E-state index in [1.54, 1.807) is 6.07 Å². The molecule has 0 unspecified atom stereocenters. The predicted molar refractivity (Wildman–Crippen MR) is 115 cm³/mol. The molecular weight excluding hydrogens is 420 g/mol. The topological polar surface area (TPSA) is 59.9 Å². The van der Waals surface area contributed by atoms with Gasteiger partial charge in [-0.3, -0.25) is 4.79 Å². The van der Waals surface area contributed by atoms with E-state index in [2.05, 4.69) is 39.3 Å². The van der Waals surface area contributed by atoms with Gasteiger partial charge < -0.3 is 9.47 Å². The van der Waals surface area contributed by atoms with Gasteiger partial charge in [-0.1, -0.05) is 47.3 Å². The number of hydrogen-bond donors (Lipinski definition) is 1. The quantitative estimate of drug-likeness (QED) is 0.338. The summed E-state index contributed by atoms with van der Waals surface area (Å²) in [6, 6.07) is 13.2. The van der Waals surface area contributed by atoms with E-state index < -0.39 is 0 Å². The van der Waals surface area contributed by atoms with Gasteiger partial charge in [-0.25, -0.2) is 5.43 Å². The van der Waals surface area contributed by atoms with Crippen LogP contribution >= 0.6 is 15.9 Å². The Morgan fingerprint density at radius 2 is 2.04 bits per heavy atom.